The van der Waals surface area contributed by atoms with Crippen molar-refractivity contribution < 1.29 is 9.53 Å². The molecule has 61 heavy (non-hydrogen) atoms. The minimum Gasteiger partial charge on any atom is -0.453 e. The molecule has 0 unspecified atom stereocenters. The van der Waals surface area contributed by atoms with Crippen LogP contribution in [0.4, 0.5) is 10.5 Å². The van der Waals surface area contributed by atoms with Gasteiger partial charge < -0.3 is 24.9 Å². The van der Waals surface area contributed by atoms with Crippen molar-refractivity contribution >= 4 is 55.0 Å². The molecule has 5 heterocycles. The second kappa shape index (κ2) is 15.0. The number of alkyl carbamates (subject to hydrolysis) is 1. The number of hydrogen-bond acceptors (Lipinski definition) is 7. The summed E-state index contributed by atoms with van der Waals surface area (Å²) in [6.07, 6.45) is 6.95. The number of amides is 1. The lowest BCUT2D eigenvalue weighted by Gasteiger charge is -2.32. The van der Waals surface area contributed by atoms with E-state index in [1.165, 1.54) is 66.5 Å². The summed E-state index contributed by atoms with van der Waals surface area (Å²) in [6.45, 7) is 5.25. The van der Waals surface area contributed by atoms with E-state index in [0.29, 0.717) is 6.42 Å². The Balaban J connectivity index is 0.915. The Hall–Kier alpha value is -6.78. The Morgan fingerprint density at radius 3 is 2.64 bits per heavy atom. The molecule has 0 radical (unpaired) electrons. The summed E-state index contributed by atoms with van der Waals surface area (Å²) in [5, 5.41) is 6.66. The molecule has 5 aromatic carbocycles. The van der Waals surface area contributed by atoms with Gasteiger partial charge in [0.25, 0.3) is 0 Å². The number of hydrogen-bond donors (Lipinski definition) is 3. The molecule has 1 fully saturated rings. The Bertz CT molecular complexity index is 3130. The molecule has 1 amide bonds. The number of aromatic amines is 2. The first-order valence-electron chi connectivity index (χ1n) is 21.2. The number of aromatic nitrogens is 5. The van der Waals surface area contributed by atoms with Gasteiger partial charge in [-0.1, -0.05) is 86.6 Å². The summed E-state index contributed by atoms with van der Waals surface area (Å²) < 4.78 is 6.27. The number of carbonyl (C=O) groups is 1. The fourth-order valence-corrected chi connectivity index (χ4v) is 10.7. The summed E-state index contributed by atoms with van der Waals surface area (Å²) >= 11 is 1.81. The number of pyridine rings is 1. The molecule has 0 spiro atoms. The molecule has 0 bridgehead atoms. The third kappa shape index (κ3) is 6.62. The summed E-state index contributed by atoms with van der Waals surface area (Å²) in [6, 6.07) is 39.3. The zero-order chi connectivity index (χ0) is 41.2. The summed E-state index contributed by atoms with van der Waals surface area (Å²) in [5.41, 5.74) is 14.0. The third-order valence-corrected chi connectivity index (χ3v) is 13.9. The smallest absolute Gasteiger partial charge is 0.407 e. The predicted molar refractivity (Wildman–Crippen MR) is 247 cm³/mol. The van der Waals surface area contributed by atoms with Crippen LogP contribution in [0.5, 0.6) is 0 Å². The third-order valence-electron chi connectivity index (χ3n) is 12.7. The Morgan fingerprint density at radius 2 is 1.77 bits per heavy atom. The number of anilines is 1. The molecule has 302 valence electrons. The number of methoxy groups -OCH3 is 1. The fraction of sp³-hybridized carbons (Fsp3) is 0.216. The first-order chi connectivity index (χ1) is 29.9. The van der Waals surface area contributed by atoms with Gasteiger partial charge in [0.2, 0.25) is 0 Å². The van der Waals surface area contributed by atoms with Crippen molar-refractivity contribution in [3.63, 3.8) is 0 Å². The van der Waals surface area contributed by atoms with Gasteiger partial charge in [0.1, 0.15) is 11.5 Å². The molecule has 1 saturated heterocycles. The highest BCUT2D eigenvalue weighted by atomic mass is 32.1. The van der Waals surface area contributed by atoms with Crippen LogP contribution >= 0.6 is 11.3 Å². The number of carbonyl (C=O) groups excluding carboxylic acids is 1. The molecule has 9 nitrogen and oxygen atoms in total. The van der Waals surface area contributed by atoms with Gasteiger partial charge in [-0.05, 0) is 106 Å². The zero-order valence-corrected chi connectivity index (χ0v) is 35.1. The minimum atomic E-state index is -0.394. The average Bonchev–Trinajstić information content (AvgIpc) is 4.15. The number of rotatable bonds is 9. The predicted octanol–water partition coefficient (Wildman–Crippen LogP) is 11.9. The van der Waals surface area contributed by atoms with Crippen molar-refractivity contribution in [2.24, 2.45) is 5.92 Å². The molecule has 10 heteroatoms. The molecule has 4 aromatic heterocycles. The Kier molecular flexibility index (Phi) is 9.18. The first-order valence-corrected chi connectivity index (χ1v) is 22.0. The zero-order valence-electron chi connectivity index (χ0n) is 34.3. The van der Waals surface area contributed by atoms with Gasteiger partial charge in [-0.15, -0.1) is 11.3 Å². The van der Waals surface area contributed by atoms with E-state index in [1.54, 1.807) is 6.20 Å². The summed E-state index contributed by atoms with van der Waals surface area (Å²) in [4.78, 5) is 38.0. The van der Waals surface area contributed by atoms with Gasteiger partial charge in [0.15, 0.2) is 5.82 Å². The van der Waals surface area contributed by atoms with Crippen molar-refractivity contribution in [3.05, 3.63) is 144 Å². The molecule has 2 atom stereocenters. The normalized spacial score (nSPS) is 15.2. The van der Waals surface area contributed by atoms with Gasteiger partial charge in [-0.2, -0.15) is 0 Å². The van der Waals surface area contributed by atoms with Crippen LogP contribution in [0.1, 0.15) is 55.2 Å². The lowest BCUT2D eigenvalue weighted by molar-refractivity contribution is 0.163. The number of benzene rings is 5. The van der Waals surface area contributed by atoms with Gasteiger partial charge in [-0.25, -0.2) is 14.8 Å². The SMILES string of the molecule is COC(=O)N[C@@H](Cc1ccc2c(c1N1CCC[C@H]1c1nc3c(ccc4cc(-c5cc6ccc(-c7cnc(-c8ccccn8)[nH]7)cc6s5)ccc43)[nH]1)Cc1ccccc1-2)C(C)C. The number of ether oxygens (including phenoxy) is 1. The van der Waals surface area contributed by atoms with Crippen molar-refractivity contribution in [1.82, 2.24) is 30.2 Å². The van der Waals surface area contributed by atoms with Crippen LogP contribution < -0.4 is 10.2 Å². The van der Waals surface area contributed by atoms with Crippen LogP contribution in [-0.2, 0) is 17.6 Å². The van der Waals surface area contributed by atoms with Crippen molar-refractivity contribution in [2.45, 2.75) is 51.6 Å². The lowest BCUT2D eigenvalue weighted by atomic mass is 9.91. The highest BCUT2D eigenvalue weighted by Crippen LogP contribution is 2.48. The maximum Gasteiger partial charge on any atom is 0.407 e. The second-order valence-corrected chi connectivity index (χ2v) is 17.8. The van der Waals surface area contributed by atoms with E-state index in [2.05, 4.69) is 135 Å². The first kappa shape index (κ1) is 37.2. The standard InChI is InChI=1S/C51H45N7O2S/c1-29(2)42(56-51(59)60-3)25-35-16-19-38-36-10-5-4-9-30(36)24-39(38)48(35)58-22-8-12-44(58)50-54-40-20-17-31-23-33(15-18-37(31)47(40)57-50)46-27-34-14-13-32(26-45(34)61-46)43-28-53-49(55-43)41-11-6-7-21-52-41/h4-7,9-11,13-21,23,26-29,42,44H,8,12,22,24-25H2,1-3H3,(H,53,55)(H,54,57)(H,56,59)/t42-,44-/m0/s1. The summed E-state index contributed by atoms with van der Waals surface area (Å²) in [7, 11) is 1.43. The van der Waals surface area contributed by atoms with Crippen LogP contribution in [0.25, 0.3) is 76.2 Å². The van der Waals surface area contributed by atoms with Crippen molar-refractivity contribution in [2.75, 3.05) is 18.6 Å². The van der Waals surface area contributed by atoms with Gasteiger partial charge in [-0.3, -0.25) is 4.98 Å². The second-order valence-electron chi connectivity index (χ2n) is 16.7. The van der Waals surface area contributed by atoms with Crippen LogP contribution in [0.3, 0.4) is 0 Å². The number of thiophene rings is 1. The number of fused-ring (bicyclic) bond motifs is 7. The van der Waals surface area contributed by atoms with Crippen molar-refractivity contribution in [1.29, 1.82) is 0 Å². The van der Waals surface area contributed by atoms with E-state index < -0.39 is 6.09 Å². The van der Waals surface area contributed by atoms with Crippen LogP contribution in [-0.4, -0.2) is 50.7 Å². The Morgan fingerprint density at radius 1 is 0.902 bits per heavy atom. The lowest BCUT2D eigenvalue weighted by Crippen LogP contribution is -2.40. The molecule has 11 rings (SSSR count). The molecule has 2 aliphatic rings. The molecule has 0 saturated carbocycles. The van der Waals surface area contributed by atoms with Gasteiger partial charge in [0, 0.05) is 51.4 Å². The molecule has 3 N–H and O–H groups in total. The molecular weight excluding hydrogens is 775 g/mol. The van der Waals surface area contributed by atoms with E-state index in [-0.39, 0.29) is 18.0 Å². The number of imidazole rings is 2. The topological polar surface area (TPSA) is 112 Å². The van der Waals surface area contributed by atoms with E-state index in [1.807, 2.05) is 35.7 Å². The van der Waals surface area contributed by atoms with E-state index in [4.69, 9.17) is 9.72 Å². The van der Waals surface area contributed by atoms with Gasteiger partial charge >= 0.3 is 6.09 Å². The quantitative estimate of drug-likeness (QED) is 0.134. The van der Waals surface area contributed by atoms with Crippen LogP contribution in [0.15, 0.2) is 122 Å². The minimum absolute atomic E-state index is 0.0739. The van der Waals surface area contributed by atoms with Crippen LogP contribution in [0, 0.1) is 5.92 Å². The van der Waals surface area contributed by atoms with E-state index >= 15 is 0 Å². The molecular formula is C51H45N7O2S. The maximum absolute atomic E-state index is 12.5. The summed E-state index contributed by atoms with van der Waals surface area (Å²) in [5.74, 6) is 1.99. The maximum atomic E-state index is 12.5. The monoisotopic (exact) mass is 819 g/mol. The van der Waals surface area contributed by atoms with Crippen LogP contribution in [0.2, 0.25) is 0 Å². The molecule has 1 aliphatic heterocycles. The van der Waals surface area contributed by atoms with Gasteiger partial charge in [0.05, 0.1) is 36.1 Å². The molecule has 1 aliphatic carbocycles. The van der Waals surface area contributed by atoms with E-state index in [9.17, 15) is 4.79 Å². The van der Waals surface area contributed by atoms with Crippen molar-refractivity contribution in [3.8, 4) is 44.3 Å². The number of nitrogens with zero attached hydrogens (tertiary/aromatic N) is 4. The average molecular weight is 820 g/mol. The van der Waals surface area contributed by atoms with E-state index in [0.717, 1.165) is 70.8 Å². The molecule has 9 aromatic rings. The number of nitrogens with one attached hydrogen (secondary N) is 3. The highest BCUT2D eigenvalue weighted by molar-refractivity contribution is 7.22. The fourth-order valence-electron chi connectivity index (χ4n) is 9.56. The largest absolute Gasteiger partial charge is 0.453 e. The number of H-pyrrole nitrogens is 2. The highest BCUT2D eigenvalue weighted by Gasteiger charge is 2.35. The Labute approximate surface area is 357 Å².